The molecule has 0 saturated heterocycles. The summed E-state index contributed by atoms with van der Waals surface area (Å²) < 4.78 is 10.7. The zero-order chi connectivity index (χ0) is 16.7. The highest BCUT2D eigenvalue weighted by atomic mass is 16.5. The maximum atomic E-state index is 12.2. The molecule has 0 saturated carbocycles. The Hall–Kier alpha value is -2.40. The smallest absolute Gasteiger partial charge is 0.257 e. The fourth-order valence-corrected chi connectivity index (χ4v) is 2.10. The van der Waals surface area contributed by atoms with Crippen molar-refractivity contribution < 1.29 is 14.3 Å². The Morgan fingerprint density at radius 1 is 1.22 bits per heavy atom. The van der Waals surface area contributed by atoms with Crippen LogP contribution in [0.2, 0.25) is 0 Å². The maximum Gasteiger partial charge on any atom is 0.257 e. The van der Waals surface area contributed by atoms with Crippen molar-refractivity contribution >= 4 is 5.91 Å². The normalized spacial score (nSPS) is 10.6. The first-order chi connectivity index (χ1) is 11.1. The lowest BCUT2D eigenvalue weighted by molar-refractivity contribution is 0.0657. The van der Waals surface area contributed by atoms with E-state index >= 15 is 0 Å². The summed E-state index contributed by atoms with van der Waals surface area (Å²) in [4.78, 5) is 16.3. The second-order valence-electron chi connectivity index (χ2n) is 5.42. The molecule has 0 fully saturated rings. The number of nitrogens with one attached hydrogen (secondary N) is 1. The molecule has 2 aromatic rings. The summed E-state index contributed by atoms with van der Waals surface area (Å²) >= 11 is 0. The number of carbonyl (C=O) groups excluding carboxylic acids is 1. The number of methoxy groups -OCH3 is 1. The van der Waals surface area contributed by atoms with E-state index in [2.05, 4.69) is 10.3 Å². The fraction of sp³-hybridized carbons (Fsp3) is 0.333. The molecule has 1 heterocycles. The summed E-state index contributed by atoms with van der Waals surface area (Å²) in [6.07, 6.45) is 1.78. The zero-order valence-electron chi connectivity index (χ0n) is 13.7. The number of amides is 1. The molecule has 5 nitrogen and oxygen atoms in total. The largest absolute Gasteiger partial charge is 0.480 e. The van der Waals surface area contributed by atoms with Crippen LogP contribution in [0.15, 0.2) is 42.6 Å². The number of hydrogen-bond donors (Lipinski definition) is 1. The topological polar surface area (TPSA) is 60.5 Å². The van der Waals surface area contributed by atoms with Gasteiger partial charge in [-0.25, -0.2) is 4.98 Å². The molecule has 0 radical (unpaired) electrons. The Balaban J connectivity index is 1.97. The molecule has 0 bridgehead atoms. The first-order valence-corrected chi connectivity index (χ1v) is 7.56. The second-order valence-corrected chi connectivity index (χ2v) is 5.42. The molecule has 0 aliphatic carbocycles. The molecule has 1 amide bonds. The van der Waals surface area contributed by atoms with Crippen LogP contribution in [-0.4, -0.2) is 24.1 Å². The van der Waals surface area contributed by atoms with Crippen LogP contribution < -0.4 is 10.1 Å². The SMILES string of the molecule is COc1ncccc1C(=O)NCc1cccc(COC(C)C)c1. The summed E-state index contributed by atoms with van der Waals surface area (Å²) in [5.41, 5.74) is 2.53. The number of hydrogen-bond acceptors (Lipinski definition) is 4. The molecular formula is C18H22N2O3. The van der Waals surface area contributed by atoms with Gasteiger partial charge >= 0.3 is 0 Å². The third-order valence-electron chi connectivity index (χ3n) is 3.24. The van der Waals surface area contributed by atoms with E-state index in [1.54, 1.807) is 18.3 Å². The average molecular weight is 314 g/mol. The van der Waals surface area contributed by atoms with E-state index in [0.29, 0.717) is 24.6 Å². The summed E-state index contributed by atoms with van der Waals surface area (Å²) in [6, 6.07) is 11.4. The maximum absolute atomic E-state index is 12.2. The quantitative estimate of drug-likeness (QED) is 0.853. The fourth-order valence-electron chi connectivity index (χ4n) is 2.10. The van der Waals surface area contributed by atoms with Crippen molar-refractivity contribution in [3.05, 3.63) is 59.3 Å². The second kappa shape index (κ2) is 8.29. The van der Waals surface area contributed by atoms with Gasteiger partial charge in [-0.05, 0) is 37.1 Å². The standard InChI is InChI=1S/C18H22N2O3/c1-13(2)23-12-15-7-4-6-14(10-15)11-20-17(21)16-8-5-9-19-18(16)22-3/h4-10,13H,11-12H2,1-3H3,(H,20,21). The van der Waals surface area contributed by atoms with Crippen molar-refractivity contribution in [2.75, 3.05) is 7.11 Å². The van der Waals surface area contributed by atoms with Crippen LogP contribution in [-0.2, 0) is 17.9 Å². The van der Waals surface area contributed by atoms with E-state index < -0.39 is 0 Å². The molecule has 0 spiro atoms. The van der Waals surface area contributed by atoms with Gasteiger partial charge in [-0.2, -0.15) is 0 Å². The molecule has 0 unspecified atom stereocenters. The number of pyridine rings is 1. The molecular weight excluding hydrogens is 292 g/mol. The lowest BCUT2D eigenvalue weighted by Gasteiger charge is -2.10. The first-order valence-electron chi connectivity index (χ1n) is 7.56. The van der Waals surface area contributed by atoms with Crippen molar-refractivity contribution in [1.29, 1.82) is 0 Å². The minimum absolute atomic E-state index is 0.191. The van der Waals surface area contributed by atoms with Gasteiger partial charge in [-0.15, -0.1) is 0 Å². The van der Waals surface area contributed by atoms with E-state index in [-0.39, 0.29) is 12.0 Å². The van der Waals surface area contributed by atoms with Crippen LogP contribution in [0.3, 0.4) is 0 Å². The van der Waals surface area contributed by atoms with Gasteiger partial charge in [0.15, 0.2) is 0 Å². The molecule has 1 aromatic heterocycles. The number of carbonyl (C=O) groups is 1. The lowest BCUT2D eigenvalue weighted by Crippen LogP contribution is -2.23. The van der Waals surface area contributed by atoms with Crippen LogP contribution in [0.1, 0.15) is 35.3 Å². The van der Waals surface area contributed by atoms with Crippen LogP contribution in [0, 0.1) is 0 Å². The van der Waals surface area contributed by atoms with Crippen LogP contribution in [0.25, 0.3) is 0 Å². The minimum atomic E-state index is -0.209. The van der Waals surface area contributed by atoms with Crippen molar-refractivity contribution in [2.45, 2.75) is 33.1 Å². The van der Waals surface area contributed by atoms with E-state index in [0.717, 1.165) is 11.1 Å². The predicted molar refractivity (Wildman–Crippen MR) is 88.3 cm³/mol. The minimum Gasteiger partial charge on any atom is -0.480 e. The van der Waals surface area contributed by atoms with Gasteiger partial charge in [0.1, 0.15) is 5.56 Å². The molecule has 0 aliphatic rings. The zero-order valence-corrected chi connectivity index (χ0v) is 13.7. The Bertz CT molecular complexity index is 656. The van der Waals surface area contributed by atoms with E-state index in [1.807, 2.05) is 38.1 Å². The monoisotopic (exact) mass is 314 g/mol. The molecule has 23 heavy (non-hydrogen) atoms. The Morgan fingerprint density at radius 3 is 2.74 bits per heavy atom. The van der Waals surface area contributed by atoms with Crippen molar-refractivity contribution in [2.24, 2.45) is 0 Å². The Labute approximate surface area is 136 Å². The summed E-state index contributed by atoms with van der Waals surface area (Å²) in [7, 11) is 1.50. The van der Waals surface area contributed by atoms with Gasteiger partial charge < -0.3 is 14.8 Å². The van der Waals surface area contributed by atoms with Crippen molar-refractivity contribution in [1.82, 2.24) is 10.3 Å². The lowest BCUT2D eigenvalue weighted by atomic mass is 10.1. The van der Waals surface area contributed by atoms with Crippen LogP contribution in [0.4, 0.5) is 0 Å². The highest BCUT2D eigenvalue weighted by Gasteiger charge is 2.12. The molecule has 2 rings (SSSR count). The molecule has 5 heteroatoms. The van der Waals surface area contributed by atoms with E-state index in [9.17, 15) is 4.79 Å². The third-order valence-corrected chi connectivity index (χ3v) is 3.24. The number of benzene rings is 1. The summed E-state index contributed by atoms with van der Waals surface area (Å²) in [5.74, 6) is 0.114. The molecule has 0 atom stereocenters. The number of nitrogens with zero attached hydrogens (tertiary/aromatic N) is 1. The van der Waals surface area contributed by atoms with Gasteiger partial charge in [0.05, 0.1) is 19.8 Å². The van der Waals surface area contributed by atoms with Gasteiger partial charge in [0.2, 0.25) is 5.88 Å². The molecule has 1 N–H and O–H groups in total. The Morgan fingerprint density at radius 2 is 2.00 bits per heavy atom. The number of ether oxygens (including phenoxy) is 2. The van der Waals surface area contributed by atoms with Gasteiger partial charge in [0, 0.05) is 12.7 Å². The molecule has 1 aromatic carbocycles. The summed E-state index contributed by atoms with van der Waals surface area (Å²) in [5, 5.41) is 2.88. The highest BCUT2D eigenvalue weighted by Crippen LogP contribution is 2.14. The summed E-state index contributed by atoms with van der Waals surface area (Å²) in [6.45, 7) is 5.01. The van der Waals surface area contributed by atoms with Crippen molar-refractivity contribution in [3.8, 4) is 5.88 Å². The first kappa shape index (κ1) is 17.0. The van der Waals surface area contributed by atoms with Gasteiger partial charge in [-0.1, -0.05) is 24.3 Å². The van der Waals surface area contributed by atoms with Crippen molar-refractivity contribution in [3.63, 3.8) is 0 Å². The molecule has 122 valence electrons. The Kier molecular flexibility index (Phi) is 6.11. The average Bonchev–Trinajstić information content (AvgIpc) is 2.58. The van der Waals surface area contributed by atoms with E-state index in [1.165, 1.54) is 7.11 Å². The van der Waals surface area contributed by atoms with Crippen LogP contribution >= 0.6 is 0 Å². The van der Waals surface area contributed by atoms with E-state index in [4.69, 9.17) is 9.47 Å². The molecule has 0 aliphatic heterocycles. The highest BCUT2D eigenvalue weighted by molar-refractivity contribution is 5.96. The third kappa shape index (κ3) is 5.07. The van der Waals surface area contributed by atoms with Gasteiger partial charge in [0.25, 0.3) is 5.91 Å². The number of aromatic nitrogens is 1. The van der Waals surface area contributed by atoms with Gasteiger partial charge in [-0.3, -0.25) is 4.79 Å². The van der Waals surface area contributed by atoms with Crippen LogP contribution in [0.5, 0.6) is 5.88 Å². The predicted octanol–water partition coefficient (Wildman–Crippen LogP) is 2.95. The number of rotatable bonds is 7.